The molecule has 1 fully saturated rings. The number of nitrogens with one attached hydrogen (secondary N) is 1. The summed E-state index contributed by atoms with van der Waals surface area (Å²) in [6.45, 7) is 9.81. The molecule has 0 aliphatic carbocycles. The lowest BCUT2D eigenvalue weighted by molar-refractivity contribution is 0.0472. The van der Waals surface area contributed by atoms with Gasteiger partial charge in [-0.3, -0.25) is 4.68 Å². The average molecular weight is 266 g/mol. The van der Waals surface area contributed by atoms with Gasteiger partial charge in [-0.2, -0.15) is 0 Å². The van der Waals surface area contributed by atoms with Crippen LogP contribution in [0, 0.1) is 11.8 Å². The van der Waals surface area contributed by atoms with Gasteiger partial charge in [0.1, 0.15) is 0 Å². The van der Waals surface area contributed by atoms with E-state index in [1.807, 2.05) is 17.9 Å². The van der Waals surface area contributed by atoms with E-state index < -0.39 is 0 Å². The summed E-state index contributed by atoms with van der Waals surface area (Å²) in [6, 6.07) is 0.259. The summed E-state index contributed by atoms with van der Waals surface area (Å²) in [5, 5.41) is 11.8. The molecule has 0 bridgehead atoms. The monoisotopic (exact) mass is 266 g/mol. The van der Waals surface area contributed by atoms with Crippen molar-refractivity contribution >= 4 is 0 Å². The fraction of sp³-hybridized carbons (Fsp3) is 0.857. The van der Waals surface area contributed by atoms with Gasteiger partial charge in [0.2, 0.25) is 0 Å². The first-order valence-electron chi connectivity index (χ1n) is 7.29. The molecular formula is C14H26N4O. The van der Waals surface area contributed by atoms with Crippen LogP contribution in [0.15, 0.2) is 6.20 Å². The number of hydrogen-bond donors (Lipinski definition) is 1. The van der Waals surface area contributed by atoms with Gasteiger partial charge in [0.25, 0.3) is 0 Å². The van der Waals surface area contributed by atoms with E-state index >= 15 is 0 Å². The molecule has 5 atom stereocenters. The van der Waals surface area contributed by atoms with E-state index in [0.29, 0.717) is 17.9 Å². The van der Waals surface area contributed by atoms with E-state index in [2.05, 4.69) is 43.3 Å². The van der Waals surface area contributed by atoms with Crippen LogP contribution in [-0.4, -0.2) is 33.7 Å². The zero-order valence-corrected chi connectivity index (χ0v) is 12.6. The van der Waals surface area contributed by atoms with Gasteiger partial charge in [0.15, 0.2) is 0 Å². The van der Waals surface area contributed by atoms with Gasteiger partial charge >= 0.3 is 0 Å². The molecule has 108 valence electrons. The lowest BCUT2D eigenvalue weighted by Gasteiger charge is -2.29. The molecule has 5 heteroatoms. The lowest BCUT2D eigenvalue weighted by Crippen LogP contribution is -2.36. The van der Waals surface area contributed by atoms with Gasteiger partial charge in [0, 0.05) is 13.0 Å². The van der Waals surface area contributed by atoms with Crippen LogP contribution in [0.4, 0.5) is 0 Å². The SMILES string of the molecule is CCCNC(c1cnnn1C)C1C(C)OC(C)C1C. The summed E-state index contributed by atoms with van der Waals surface area (Å²) in [6.07, 6.45) is 3.56. The van der Waals surface area contributed by atoms with Gasteiger partial charge in [-0.15, -0.1) is 5.10 Å². The first-order chi connectivity index (χ1) is 9.06. The normalized spacial score (nSPS) is 32.7. The Labute approximate surface area is 115 Å². The molecule has 0 aromatic carbocycles. The highest BCUT2D eigenvalue weighted by Gasteiger charge is 2.42. The standard InChI is InChI=1S/C14H26N4O/c1-6-7-15-14(12-8-16-17-18(12)5)13-9(2)10(3)19-11(13)4/h8-11,13-15H,6-7H2,1-5H3. The van der Waals surface area contributed by atoms with Crippen LogP contribution in [0.25, 0.3) is 0 Å². The zero-order chi connectivity index (χ0) is 14.0. The second kappa shape index (κ2) is 6.01. The van der Waals surface area contributed by atoms with E-state index in [9.17, 15) is 0 Å². The van der Waals surface area contributed by atoms with Crippen LogP contribution in [0.1, 0.15) is 45.9 Å². The summed E-state index contributed by atoms with van der Waals surface area (Å²) in [5.41, 5.74) is 1.15. The van der Waals surface area contributed by atoms with Crippen LogP contribution in [0.2, 0.25) is 0 Å². The van der Waals surface area contributed by atoms with Crippen LogP contribution < -0.4 is 5.32 Å². The topological polar surface area (TPSA) is 52.0 Å². The summed E-state index contributed by atoms with van der Waals surface area (Å²) in [5.74, 6) is 0.984. The fourth-order valence-corrected chi connectivity index (χ4v) is 3.19. The van der Waals surface area contributed by atoms with E-state index in [1.165, 1.54) is 0 Å². The van der Waals surface area contributed by atoms with Gasteiger partial charge in [0.05, 0.1) is 30.1 Å². The molecule has 1 saturated heterocycles. The van der Waals surface area contributed by atoms with Gasteiger partial charge in [-0.25, -0.2) is 0 Å². The lowest BCUT2D eigenvalue weighted by atomic mass is 9.82. The third kappa shape index (κ3) is 2.82. The van der Waals surface area contributed by atoms with Crippen LogP contribution >= 0.6 is 0 Å². The van der Waals surface area contributed by atoms with E-state index in [-0.39, 0.29) is 12.1 Å². The Bertz CT molecular complexity index is 406. The molecule has 0 radical (unpaired) electrons. The number of rotatable bonds is 5. The molecule has 5 unspecified atom stereocenters. The maximum atomic E-state index is 5.99. The first kappa shape index (κ1) is 14.5. The van der Waals surface area contributed by atoms with Crippen molar-refractivity contribution in [3.63, 3.8) is 0 Å². The second-order valence-electron chi connectivity index (χ2n) is 5.70. The number of aromatic nitrogens is 3. The maximum Gasteiger partial charge on any atom is 0.0757 e. The maximum absolute atomic E-state index is 5.99. The second-order valence-corrected chi connectivity index (χ2v) is 5.70. The molecule has 0 amide bonds. The molecule has 1 aromatic heterocycles. The Morgan fingerprint density at radius 1 is 1.37 bits per heavy atom. The molecule has 19 heavy (non-hydrogen) atoms. The third-order valence-corrected chi connectivity index (χ3v) is 4.39. The molecule has 0 saturated carbocycles. The predicted molar refractivity (Wildman–Crippen MR) is 74.7 cm³/mol. The highest BCUT2D eigenvalue weighted by atomic mass is 16.5. The molecule has 1 N–H and O–H groups in total. The van der Waals surface area contributed by atoms with Crippen molar-refractivity contribution in [2.75, 3.05) is 6.54 Å². The van der Waals surface area contributed by atoms with Crippen LogP contribution in [-0.2, 0) is 11.8 Å². The summed E-state index contributed by atoms with van der Waals surface area (Å²) >= 11 is 0. The minimum absolute atomic E-state index is 0.259. The summed E-state index contributed by atoms with van der Waals surface area (Å²) in [4.78, 5) is 0. The molecule has 5 nitrogen and oxygen atoms in total. The third-order valence-electron chi connectivity index (χ3n) is 4.39. The molecule has 1 aliphatic rings. The van der Waals surface area contributed by atoms with E-state index in [4.69, 9.17) is 4.74 Å². The molecule has 2 rings (SSSR count). The number of hydrogen-bond acceptors (Lipinski definition) is 4. The average Bonchev–Trinajstić information content (AvgIpc) is 2.88. The zero-order valence-electron chi connectivity index (χ0n) is 12.6. The predicted octanol–water partition coefficient (Wildman–Crippen LogP) is 1.92. The minimum Gasteiger partial charge on any atom is -0.375 e. The Kier molecular flexibility index (Phi) is 4.58. The quantitative estimate of drug-likeness (QED) is 0.884. The Balaban J connectivity index is 2.25. The van der Waals surface area contributed by atoms with Crippen molar-refractivity contribution in [3.8, 4) is 0 Å². The summed E-state index contributed by atoms with van der Waals surface area (Å²) < 4.78 is 7.87. The smallest absolute Gasteiger partial charge is 0.0757 e. The molecule has 1 aliphatic heterocycles. The largest absolute Gasteiger partial charge is 0.375 e. The first-order valence-corrected chi connectivity index (χ1v) is 7.29. The Hall–Kier alpha value is -0.940. The van der Waals surface area contributed by atoms with Crippen molar-refractivity contribution in [2.24, 2.45) is 18.9 Å². The van der Waals surface area contributed by atoms with Crippen molar-refractivity contribution in [2.45, 2.75) is 52.4 Å². The van der Waals surface area contributed by atoms with Gasteiger partial charge < -0.3 is 10.1 Å². The molecular weight excluding hydrogens is 240 g/mol. The Morgan fingerprint density at radius 2 is 2.11 bits per heavy atom. The van der Waals surface area contributed by atoms with Gasteiger partial charge in [-0.05, 0) is 32.7 Å². The van der Waals surface area contributed by atoms with Crippen molar-refractivity contribution in [1.29, 1.82) is 0 Å². The van der Waals surface area contributed by atoms with E-state index in [1.54, 1.807) is 0 Å². The highest BCUT2D eigenvalue weighted by molar-refractivity contribution is 5.08. The Morgan fingerprint density at radius 3 is 2.58 bits per heavy atom. The minimum atomic E-state index is 0.259. The molecule has 1 aromatic rings. The molecule has 0 spiro atoms. The number of ether oxygens (including phenoxy) is 1. The van der Waals surface area contributed by atoms with Crippen molar-refractivity contribution in [1.82, 2.24) is 20.3 Å². The fourth-order valence-electron chi connectivity index (χ4n) is 3.19. The number of nitrogens with zero attached hydrogens (tertiary/aromatic N) is 3. The van der Waals surface area contributed by atoms with Crippen molar-refractivity contribution in [3.05, 3.63) is 11.9 Å². The van der Waals surface area contributed by atoms with Crippen LogP contribution in [0.5, 0.6) is 0 Å². The molecule has 2 heterocycles. The summed E-state index contributed by atoms with van der Waals surface area (Å²) in [7, 11) is 1.96. The number of aryl methyl sites for hydroxylation is 1. The van der Waals surface area contributed by atoms with Crippen LogP contribution in [0.3, 0.4) is 0 Å². The highest BCUT2D eigenvalue weighted by Crippen LogP contribution is 2.40. The van der Waals surface area contributed by atoms with Crippen molar-refractivity contribution < 1.29 is 4.74 Å². The van der Waals surface area contributed by atoms with Gasteiger partial charge in [-0.1, -0.05) is 19.1 Å². The van der Waals surface area contributed by atoms with E-state index in [0.717, 1.165) is 18.7 Å².